The van der Waals surface area contributed by atoms with Crippen LogP contribution in [0.25, 0.3) is 6.08 Å². The number of anilines is 1. The molecule has 0 bridgehead atoms. The SMILES string of the molecule is Cn1c(N)c(C(=O)COC(=O)/C=C/c2ccccc2)c(=O)n(C)c1=O. The Hall–Kier alpha value is -3.42. The van der Waals surface area contributed by atoms with Crippen molar-refractivity contribution < 1.29 is 14.3 Å². The third-order valence-corrected chi connectivity index (χ3v) is 3.55. The molecule has 8 heteroatoms. The third kappa shape index (κ3) is 3.92. The van der Waals surface area contributed by atoms with E-state index in [4.69, 9.17) is 10.5 Å². The number of aromatic nitrogens is 2. The summed E-state index contributed by atoms with van der Waals surface area (Å²) >= 11 is 0. The van der Waals surface area contributed by atoms with Crippen molar-refractivity contribution in [1.82, 2.24) is 9.13 Å². The maximum absolute atomic E-state index is 12.2. The summed E-state index contributed by atoms with van der Waals surface area (Å²) in [5.74, 6) is -1.79. The maximum atomic E-state index is 12.2. The number of esters is 1. The van der Waals surface area contributed by atoms with Crippen molar-refractivity contribution >= 4 is 23.6 Å². The summed E-state index contributed by atoms with van der Waals surface area (Å²) in [6, 6.07) is 9.06. The van der Waals surface area contributed by atoms with E-state index >= 15 is 0 Å². The molecule has 0 saturated heterocycles. The molecule has 2 rings (SSSR count). The Balaban J connectivity index is 2.11. The lowest BCUT2D eigenvalue weighted by molar-refractivity contribution is -0.136. The smallest absolute Gasteiger partial charge is 0.332 e. The van der Waals surface area contributed by atoms with E-state index in [-0.39, 0.29) is 11.4 Å². The van der Waals surface area contributed by atoms with Crippen LogP contribution in [-0.4, -0.2) is 27.5 Å². The zero-order valence-corrected chi connectivity index (χ0v) is 13.8. The molecule has 0 radical (unpaired) electrons. The Kier molecular flexibility index (Phi) is 5.33. The fourth-order valence-corrected chi connectivity index (χ4v) is 2.11. The molecule has 1 heterocycles. The summed E-state index contributed by atoms with van der Waals surface area (Å²) in [4.78, 5) is 47.6. The second-order valence-electron chi connectivity index (χ2n) is 5.24. The summed E-state index contributed by atoms with van der Waals surface area (Å²) < 4.78 is 6.58. The lowest BCUT2D eigenvalue weighted by Gasteiger charge is -2.10. The van der Waals surface area contributed by atoms with Crippen LogP contribution in [0.2, 0.25) is 0 Å². The first kappa shape index (κ1) is 17.9. The normalized spacial score (nSPS) is 10.8. The minimum atomic E-state index is -0.832. The zero-order valence-electron chi connectivity index (χ0n) is 13.8. The van der Waals surface area contributed by atoms with Crippen molar-refractivity contribution in [2.75, 3.05) is 12.3 Å². The lowest BCUT2D eigenvalue weighted by Crippen LogP contribution is -2.42. The average molecular weight is 343 g/mol. The van der Waals surface area contributed by atoms with E-state index in [9.17, 15) is 19.2 Å². The van der Waals surface area contributed by atoms with Crippen LogP contribution in [-0.2, 0) is 23.6 Å². The monoisotopic (exact) mass is 343 g/mol. The van der Waals surface area contributed by atoms with Crippen LogP contribution >= 0.6 is 0 Å². The van der Waals surface area contributed by atoms with Crippen LogP contribution in [0.1, 0.15) is 15.9 Å². The van der Waals surface area contributed by atoms with Crippen LogP contribution < -0.4 is 17.0 Å². The number of ketones is 1. The zero-order chi connectivity index (χ0) is 18.6. The molecule has 0 saturated carbocycles. The largest absolute Gasteiger partial charge is 0.454 e. The lowest BCUT2D eigenvalue weighted by atomic mass is 10.2. The Bertz CT molecular complexity index is 955. The topological polar surface area (TPSA) is 113 Å². The van der Waals surface area contributed by atoms with Gasteiger partial charge in [0.1, 0.15) is 11.4 Å². The number of ether oxygens (including phenoxy) is 1. The molecule has 0 unspecified atom stereocenters. The van der Waals surface area contributed by atoms with Gasteiger partial charge in [-0.3, -0.25) is 18.7 Å². The number of benzene rings is 1. The van der Waals surface area contributed by atoms with E-state index in [2.05, 4.69) is 0 Å². The van der Waals surface area contributed by atoms with Gasteiger partial charge in [0, 0.05) is 20.2 Å². The number of nitrogens with zero attached hydrogens (tertiary/aromatic N) is 2. The number of carbonyl (C=O) groups is 2. The Morgan fingerprint density at radius 2 is 1.76 bits per heavy atom. The molecule has 25 heavy (non-hydrogen) atoms. The number of Topliss-reactive ketones (excluding diaryl/α,β-unsaturated/α-hetero) is 1. The predicted octanol–water partition coefficient (Wildman–Crippen LogP) is 0.105. The van der Waals surface area contributed by atoms with Gasteiger partial charge in [0.05, 0.1) is 0 Å². The van der Waals surface area contributed by atoms with Crippen molar-refractivity contribution in [2.24, 2.45) is 14.1 Å². The second-order valence-corrected chi connectivity index (χ2v) is 5.24. The summed E-state index contributed by atoms with van der Waals surface area (Å²) in [6.45, 7) is -0.657. The minimum Gasteiger partial charge on any atom is -0.454 e. The third-order valence-electron chi connectivity index (χ3n) is 3.55. The molecular weight excluding hydrogens is 326 g/mol. The highest BCUT2D eigenvalue weighted by molar-refractivity contribution is 6.01. The van der Waals surface area contributed by atoms with Gasteiger partial charge in [-0.1, -0.05) is 30.3 Å². The summed E-state index contributed by atoms with van der Waals surface area (Å²) in [5.41, 5.74) is 4.60. The molecule has 0 aliphatic rings. The van der Waals surface area contributed by atoms with Crippen LogP contribution in [0.5, 0.6) is 0 Å². The fourth-order valence-electron chi connectivity index (χ4n) is 2.11. The van der Waals surface area contributed by atoms with Crippen LogP contribution in [0.15, 0.2) is 46.0 Å². The van der Waals surface area contributed by atoms with E-state index in [1.165, 1.54) is 26.2 Å². The van der Waals surface area contributed by atoms with E-state index < -0.39 is 29.6 Å². The molecule has 0 fully saturated rings. The summed E-state index contributed by atoms with van der Waals surface area (Å²) in [6.07, 6.45) is 2.71. The van der Waals surface area contributed by atoms with Crippen molar-refractivity contribution in [2.45, 2.75) is 0 Å². The molecule has 130 valence electrons. The predicted molar refractivity (Wildman–Crippen MR) is 92.1 cm³/mol. The Morgan fingerprint density at radius 1 is 1.12 bits per heavy atom. The van der Waals surface area contributed by atoms with Gasteiger partial charge in [0.2, 0.25) is 5.78 Å². The number of carbonyl (C=O) groups excluding carboxylic acids is 2. The number of hydrogen-bond acceptors (Lipinski definition) is 6. The maximum Gasteiger partial charge on any atom is 0.332 e. The van der Waals surface area contributed by atoms with Gasteiger partial charge in [0.25, 0.3) is 5.56 Å². The van der Waals surface area contributed by atoms with Gasteiger partial charge in [-0.15, -0.1) is 0 Å². The van der Waals surface area contributed by atoms with Crippen molar-refractivity contribution in [3.05, 3.63) is 68.4 Å². The second kappa shape index (κ2) is 7.43. The van der Waals surface area contributed by atoms with Crippen LogP contribution in [0.3, 0.4) is 0 Å². The molecule has 0 atom stereocenters. The van der Waals surface area contributed by atoms with Crippen molar-refractivity contribution in [1.29, 1.82) is 0 Å². The number of hydrogen-bond donors (Lipinski definition) is 1. The molecule has 1 aromatic heterocycles. The van der Waals surface area contributed by atoms with Crippen LogP contribution in [0, 0.1) is 0 Å². The summed E-state index contributed by atoms with van der Waals surface area (Å²) in [5, 5.41) is 0. The van der Waals surface area contributed by atoms with Crippen LogP contribution in [0.4, 0.5) is 5.82 Å². The number of nitrogen functional groups attached to an aromatic ring is 1. The highest BCUT2D eigenvalue weighted by Crippen LogP contribution is 2.05. The molecule has 0 amide bonds. The van der Waals surface area contributed by atoms with Crippen molar-refractivity contribution in [3.8, 4) is 0 Å². The molecular formula is C17H17N3O5. The van der Waals surface area contributed by atoms with Gasteiger partial charge < -0.3 is 10.5 Å². The first-order chi connectivity index (χ1) is 11.8. The molecule has 1 aromatic carbocycles. The van der Waals surface area contributed by atoms with Gasteiger partial charge in [-0.25, -0.2) is 9.59 Å². The van der Waals surface area contributed by atoms with E-state index in [0.29, 0.717) is 0 Å². The van der Waals surface area contributed by atoms with Gasteiger partial charge >= 0.3 is 11.7 Å². The Labute approximate surface area is 142 Å². The minimum absolute atomic E-state index is 0.269. The van der Waals surface area contributed by atoms with Crippen molar-refractivity contribution in [3.63, 3.8) is 0 Å². The van der Waals surface area contributed by atoms with E-state index in [1.54, 1.807) is 12.1 Å². The van der Waals surface area contributed by atoms with Gasteiger partial charge in [-0.2, -0.15) is 0 Å². The molecule has 0 spiro atoms. The van der Waals surface area contributed by atoms with Gasteiger partial charge in [-0.05, 0) is 11.6 Å². The number of rotatable bonds is 5. The summed E-state index contributed by atoms with van der Waals surface area (Å²) in [7, 11) is 2.57. The quantitative estimate of drug-likeness (QED) is 0.468. The van der Waals surface area contributed by atoms with E-state index in [0.717, 1.165) is 14.7 Å². The highest BCUT2D eigenvalue weighted by atomic mass is 16.5. The molecule has 0 aliphatic carbocycles. The van der Waals surface area contributed by atoms with E-state index in [1.807, 2.05) is 18.2 Å². The Morgan fingerprint density at radius 3 is 2.40 bits per heavy atom. The highest BCUT2D eigenvalue weighted by Gasteiger charge is 2.20. The fraction of sp³-hybridized carbons (Fsp3) is 0.176. The molecule has 0 aliphatic heterocycles. The molecule has 2 aromatic rings. The standard InChI is InChI=1S/C17H17N3O5/c1-19-15(18)14(16(23)20(2)17(19)24)12(21)10-25-13(22)9-8-11-6-4-3-5-7-11/h3-9H,10,18H2,1-2H3/b9-8+. The first-order valence-corrected chi connectivity index (χ1v) is 7.31. The number of nitrogens with two attached hydrogens (primary N) is 1. The molecule has 8 nitrogen and oxygen atoms in total. The average Bonchev–Trinajstić information content (AvgIpc) is 2.62. The molecule has 2 N–H and O–H groups in total. The van der Waals surface area contributed by atoms with Gasteiger partial charge in [0.15, 0.2) is 6.61 Å². The first-order valence-electron chi connectivity index (χ1n) is 7.31.